The van der Waals surface area contributed by atoms with E-state index in [-0.39, 0.29) is 29.6 Å². The molecular formula is C45H64N6O4. The lowest BCUT2D eigenvalue weighted by Crippen LogP contribution is -2.41. The molecule has 0 unspecified atom stereocenters. The summed E-state index contributed by atoms with van der Waals surface area (Å²) in [7, 11) is 0. The molecule has 0 atom stereocenters. The summed E-state index contributed by atoms with van der Waals surface area (Å²) in [6, 6.07) is 9.15. The number of amides is 3. The Morgan fingerprint density at radius 3 is 2.31 bits per heavy atom. The van der Waals surface area contributed by atoms with E-state index in [0.717, 1.165) is 99.2 Å². The summed E-state index contributed by atoms with van der Waals surface area (Å²) >= 11 is 0. The Bertz CT molecular complexity index is 1680. The molecular weight excluding hydrogens is 689 g/mol. The zero-order valence-corrected chi connectivity index (χ0v) is 34.0. The number of piperidine rings is 1. The second kappa shape index (κ2) is 20.5. The number of hydrogen-bond acceptors (Lipinski definition) is 7. The van der Waals surface area contributed by atoms with Crippen LogP contribution in [0.5, 0.6) is 0 Å². The van der Waals surface area contributed by atoms with Crippen LogP contribution in [0, 0.1) is 23.7 Å². The van der Waals surface area contributed by atoms with Gasteiger partial charge in [-0.2, -0.15) is 0 Å². The minimum atomic E-state index is -0.261. The van der Waals surface area contributed by atoms with Crippen molar-refractivity contribution in [1.82, 2.24) is 15.2 Å². The number of rotatable bonds is 17. The number of benzene rings is 1. The third-order valence-corrected chi connectivity index (χ3v) is 11.5. The van der Waals surface area contributed by atoms with Crippen molar-refractivity contribution in [2.24, 2.45) is 28.7 Å². The fourth-order valence-electron chi connectivity index (χ4n) is 8.24. The number of nitrogens with zero attached hydrogens (tertiary/aromatic N) is 4. The maximum Gasteiger partial charge on any atom is 0.255 e. The van der Waals surface area contributed by atoms with Crippen molar-refractivity contribution in [3.05, 3.63) is 53.2 Å². The number of aromatic nitrogens is 1. The highest BCUT2D eigenvalue weighted by Crippen LogP contribution is 2.34. The smallest absolute Gasteiger partial charge is 0.255 e. The first kappa shape index (κ1) is 41.8. The summed E-state index contributed by atoms with van der Waals surface area (Å²) in [5.41, 5.74) is 4.11. The third kappa shape index (κ3) is 12.1. The molecule has 3 amide bonds. The quantitative estimate of drug-likeness (QED) is 0.156. The SMILES string of the molecule is CCCN(CCC)C(=O)C1=Cc2ccc(C(=O)Nc3ccc(N4CCC(C(=O)NCCCC(=O)C5CCC(CCC(C)C)CC5)CC4)nc3)cc2N=C(C)C1. The number of hydrogen-bond donors (Lipinski definition) is 2. The average Bonchev–Trinajstić information content (AvgIpc) is 3.36. The Labute approximate surface area is 329 Å². The van der Waals surface area contributed by atoms with Crippen molar-refractivity contribution in [2.45, 2.75) is 118 Å². The summed E-state index contributed by atoms with van der Waals surface area (Å²) in [6.45, 7) is 14.1. The first-order valence-corrected chi connectivity index (χ1v) is 21.0. The lowest BCUT2D eigenvalue weighted by atomic mass is 9.77. The summed E-state index contributed by atoms with van der Waals surface area (Å²) in [6.07, 6.45) is 15.6. The lowest BCUT2D eigenvalue weighted by molar-refractivity contribution is -0.127. The van der Waals surface area contributed by atoms with Crippen LogP contribution < -0.4 is 15.5 Å². The van der Waals surface area contributed by atoms with Crippen molar-refractivity contribution >= 4 is 52.5 Å². The number of anilines is 2. The first-order valence-electron chi connectivity index (χ1n) is 21.0. The summed E-state index contributed by atoms with van der Waals surface area (Å²) < 4.78 is 0. The molecule has 3 heterocycles. The van der Waals surface area contributed by atoms with E-state index in [0.29, 0.717) is 48.5 Å². The number of fused-ring (bicyclic) bond motifs is 1. The molecule has 1 aromatic carbocycles. The van der Waals surface area contributed by atoms with Crippen LogP contribution in [0.25, 0.3) is 6.08 Å². The van der Waals surface area contributed by atoms with Crippen molar-refractivity contribution in [1.29, 1.82) is 0 Å². The van der Waals surface area contributed by atoms with Gasteiger partial charge in [0.05, 0.1) is 17.6 Å². The third-order valence-electron chi connectivity index (χ3n) is 11.5. The molecule has 1 saturated heterocycles. The van der Waals surface area contributed by atoms with E-state index >= 15 is 0 Å². The minimum Gasteiger partial charge on any atom is -0.357 e. The number of carbonyl (C=O) groups excluding carboxylic acids is 4. The molecule has 0 radical (unpaired) electrons. The molecule has 3 aliphatic rings. The van der Waals surface area contributed by atoms with E-state index in [4.69, 9.17) is 4.99 Å². The number of Topliss-reactive ketones (excluding diaryl/α,β-unsaturated/α-hetero) is 1. The highest BCUT2D eigenvalue weighted by atomic mass is 16.2. The van der Waals surface area contributed by atoms with Crippen LogP contribution in [0.1, 0.15) is 134 Å². The van der Waals surface area contributed by atoms with Crippen LogP contribution in [0.15, 0.2) is 47.1 Å². The van der Waals surface area contributed by atoms with E-state index in [1.165, 1.54) is 25.7 Å². The fraction of sp³-hybridized carbons (Fsp3) is 0.600. The Balaban J connectivity index is 1.04. The number of pyridine rings is 1. The number of aliphatic imine (C=N–C) groups is 1. The van der Waals surface area contributed by atoms with Gasteiger partial charge in [0, 0.05) is 79.8 Å². The molecule has 2 N–H and O–H groups in total. The summed E-state index contributed by atoms with van der Waals surface area (Å²) in [5.74, 6) is 2.77. The first-order chi connectivity index (χ1) is 26.5. The molecule has 2 aromatic rings. The van der Waals surface area contributed by atoms with Gasteiger partial charge in [-0.05, 0) is 107 Å². The number of carbonyl (C=O) groups is 4. The van der Waals surface area contributed by atoms with E-state index in [9.17, 15) is 19.2 Å². The Morgan fingerprint density at radius 1 is 0.927 bits per heavy atom. The van der Waals surface area contributed by atoms with E-state index in [2.05, 4.69) is 48.2 Å². The van der Waals surface area contributed by atoms with Crippen LogP contribution in [-0.2, 0) is 14.4 Å². The maximum atomic E-state index is 13.4. The van der Waals surface area contributed by atoms with E-state index in [1.54, 1.807) is 18.3 Å². The summed E-state index contributed by atoms with van der Waals surface area (Å²) in [4.78, 5) is 65.9. The minimum absolute atomic E-state index is 0.0416. The molecule has 2 aliphatic heterocycles. The molecule has 10 nitrogen and oxygen atoms in total. The Morgan fingerprint density at radius 2 is 1.65 bits per heavy atom. The van der Waals surface area contributed by atoms with Gasteiger partial charge in [0.1, 0.15) is 11.6 Å². The van der Waals surface area contributed by atoms with E-state index in [1.807, 2.05) is 36.1 Å². The average molecular weight is 753 g/mol. The molecule has 0 bridgehead atoms. The molecule has 0 spiro atoms. The monoisotopic (exact) mass is 752 g/mol. The van der Waals surface area contributed by atoms with Gasteiger partial charge in [-0.15, -0.1) is 0 Å². The molecule has 2 fully saturated rings. The molecule has 5 rings (SSSR count). The van der Waals surface area contributed by atoms with Crippen LogP contribution >= 0.6 is 0 Å². The van der Waals surface area contributed by atoms with Gasteiger partial charge < -0.3 is 20.4 Å². The maximum absolute atomic E-state index is 13.4. The van der Waals surface area contributed by atoms with Crippen LogP contribution in [0.2, 0.25) is 0 Å². The van der Waals surface area contributed by atoms with Crippen molar-refractivity contribution < 1.29 is 19.2 Å². The van der Waals surface area contributed by atoms with Gasteiger partial charge in [-0.25, -0.2) is 4.98 Å². The second-order valence-corrected chi connectivity index (χ2v) is 16.4. The standard InChI is InChI=1S/C45H64N6O4/c1-6-23-51(24-7-2)45(55)38-27-32(5)48-40-29-37(17-16-36(40)28-38)44(54)49-39-18-19-42(47-30-39)50-25-20-35(21-26-50)43(53)46-22-8-9-41(52)34-14-12-33(13-15-34)11-10-31(3)4/h16-19,28-31,33-35H,6-15,20-27H2,1-5H3,(H,46,53)(H,49,54). The zero-order valence-electron chi connectivity index (χ0n) is 34.0. The zero-order chi connectivity index (χ0) is 39.3. The molecule has 1 aliphatic carbocycles. The van der Waals surface area contributed by atoms with Gasteiger partial charge in [0.25, 0.3) is 5.91 Å². The molecule has 1 aromatic heterocycles. The van der Waals surface area contributed by atoms with Gasteiger partial charge in [-0.3, -0.25) is 24.2 Å². The fourth-order valence-corrected chi connectivity index (χ4v) is 8.24. The predicted molar refractivity (Wildman–Crippen MR) is 223 cm³/mol. The normalized spacial score (nSPS) is 18.8. The predicted octanol–water partition coefficient (Wildman–Crippen LogP) is 8.79. The molecule has 55 heavy (non-hydrogen) atoms. The molecule has 298 valence electrons. The van der Waals surface area contributed by atoms with Gasteiger partial charge >= 0.3 is 0 Å². The summed E-state index contributed by atoms with van der Waals surface area (Å²) in [5, 5.41) is 6.04. The van der Waals surface area contributed by atoms with Crippen LogP contribution in [-0.4, -0.2) is 71.8 Å². The molecule has 10 heteroatoms. The van der Waals surface area contributed by atoms with Crippen molar-refractivity contribution in [3.8, 4) is 0 Å². The van der Waals surface area contributed by atoms with Gasteiger partial charge in [-0.1, -0.05) is 46.6 Å². The lowest BCUT2D eigenvalue weighted by Gasteiger charge is -2.32. The van der Waals surface area contributed by atoms with Crippen molar-refractivity contribution in [3.63, 3.8) is 0 Å². The van der Waals surface area contributed by atoms with E-state index < -0.39 is 0 Å². The van der Waals surface area contributed by atoms with Crippen molar-refractivity contribution in [2.75, 3.05) is 42.9 Å². The Kier molecular flexibility index (Phi) is 15.6. The topological polar surface area (TPSA) is 124 Å². The largest absolute Gasteiger partial charge is 0.357 e. The highest BCUT2D eigenvalue weighted by Gasteiger charge is 2.28. The van der Waals surface area contributed by atoms with Gasteiger partial charge in [0.2, 0.25) is 11.8 Å². The Hall–Kier alpha value is -4.34. The second-order valence-electron chi connectivity index (χ2n) is 16.4. The highest BCUT2D eigenvalue weighted by molar-refractivity contribution is 6.08. The van der Waals surface area contributed by atoms with Gasteiger partial charge in [0.15, 0.2) is 0 Å². The van der Waals surface area contributed by atoms with Crippen LogP contribution in [0.3, 0.4) is 0 Å². The molecule has 1 saturated carbocycles. The number of nitrogens with one attached hydrogen (secondary N) is 2. The number of ketones is 1. The van der Waals surface area contributed by atoms with Crippen LogP contribution in [0.4, 0.5) is 17.2 Å².